The molecule has 0 fully saturated rings. The van der Waals surface area contributed by atoms with Crippen molar-refractivity contribution in [2.45, 2.75) is 13.8 Å². The van der Waals surface area contributed by atoms with Crippen LogP contribution in [0, 0.1) is 25.5 Å². The van der Waals surface area contributed by atoms with Gasteiger partial charge in [0, 0.05) is 11.8 Å². The molecule has 0 unspecified atom stereocenters. The summed E-state index contributed by atoms with van der Waals surface area (Å²) in [5.74, 6) is -0.546. The molecule has 0 aliphatic carbocycles. The lowest BCUT2D eigenvalue weighted by atomic mass is 10.1. The van der Waals surface area contributed by atoms with Gasteiger partial charge >= 0.3 is 0 Å². The van der Waals surface area contributed by atoms with Crippen LogP contribution >= 0.6 is 0 Å². The normalized spacial score (nSPS) is 10.5. The van der Waals surface area contributed by atoms with E-state index in [0.717, 1.165) is 16.8 Å². The molecule has 0 radical (unpaired) electrons. The molecule has 4 nitrogen and oxygen atoms in total. The molecular weight excluding hydrogens is 310 g/mol. The lowest BCUT2D eigenvalue weighted by Gasteiger charge is -2.12. The van der Waals surface area contributed by atoms with Crippen LogP contribution in [0.5, 0.6) is 0 Å². The Balaban J connectivity index is 1.86. The maximum absolute atomic E-state index is 13.7. The average Bonchev–Trinajstić information content (AvgIpc) is 2.55. The molecule has 0 bridgehead atoms. The lowest BCUT2D eigenvalue weighted by molar-refractivity contribution is 0.590. The fraction of sp³-hybridized carbons (Fsp3) is 0.111. The first-order chi connectivity index (χ1) is 11.5. The Kier molecular flexibility index (Phi) is 4.37. The van der Waals surface area contributed by atoms with Gasteiger partial charge in [0.2, 0.25) is 0 Å². The summed E-state index contributed by atoms with van der Waals surface area (Å²) in [7, 11) is 0. The number of hydrogen-bond donors (Lipinski definition) is 2. The zero-order valence-corrected chi connectivity index (χ0v) is 13.3. The fourth-order valence-electron chi connectivity index (χ4n) is 2.25. The maximum Gasteiger partial charge on any atom is 0.149 e. The molecule has 1 heterocycles. The largest absolute Gasteiger partial charge is 0.340 e. The summed E-state index contributed by atoms with van der Waals surface area (Å²) in [5, 5.41) is 5.84. The van der Waals surface area contributed by atoms with Crippen LogP contribution in [0.3, 0.4) is 0 Å². The van der Waals surface area contributed by atoms with Gasteiger partial charge in [-0.1, -0.05) is 18.2 Å². The number of para-hydroxylation sites is 1. The van der Waals surface area contributed by atoms with Gasteiger partial charge < -0.3 is 10.6 Å². The third-order valence-electron chi connectivity index (χ3n) is 3.54. The van der Waals surface area contributed by atoms with Crippen LogP contribution in [0.2, 0.25) is 0 Å². The van der Waals surface area contributed by atoms with Crippen LogP contribution in [0.25, 0.3) is 0 Å². The molecule has 2 N–H and O–H groups in total. The minimum atomic E-state index is -0.683. The third kappa shape index (κ3) is 3.48. The molecule has 3 rings (SSSR count). The van der Waals surface area contributed by atoms with E-state index in [0.29, 0.717) is 11.6 Å². The van der Waals surface area contributed by atoms with E-state index in [9.17, 15) is 8.78 Å². The third-order valence-corrected chi connectivity index (χ3v) is 3.54. The highest BCUT2D eigenvalue weighted by Crippen LogP contribution is 2.25. The van der Waals surface area contributed by atoms with E-state index < -0.39 is 11.6 Å². The number of rotatable bonds is 4. The first kappa shape index (κ1) is 15.9. The number of nitrogens with zero attached hydrogens (tertiary/aromatic N) is 2. The summed E-state index contributed by atoms with van der Waals surface area (Å²) < 4.78 is 27.4. The van der Waals surface area contributed by atoms with Crippen molar-refractivity contribution in [3.05, 3.63) is 71.6 Å². The number of aryl methyl sites for hydroxylation is 2. The van der Waals surface area contributed by atoms with Gasteiger partial charge in [-0.3, -0.25) is 0 Å². The summed E-state index contributed by atoms with van der Waals surface area (Å²) in [6, 6.07) is 11.3. The van der Waals surface area contributed by atoms with Gasteiger partial charge in [-0.05, 0) is 43.2 Å². The van der Waals surface area contributed by atoms with Crippen molar-refractivity contribution >= 4 is 23.0 Å². The Labute approximate surface area is 138 Å². The van der Waals surface area contributed by atoms with Gasteiger partial charge in [0.15, 0.2) is 0 Å². The summed E-state index contributed by atoms with van der Waals surface area (Å²) in [6.07, 6.45) is 1.33. The highest BCUT2D eigenvalue weighted by molar-refractivity contribution is 5.65. The van der Waals surface area contributed by atoms with E-state index in [1.54, 1.807) is 6.07 Å². The number of benzene rings is 2. The second kappa shape index (κ2) is 6.62. The van der Waals surface area contributed by atoms with E-state index in [2.05, 4.69) is 20.6 Å². The molecule has 0 spiro atoms. The highest BCUT2D eigenvalue weighted by Gasteiger charge is 2.10. The van der Waals surface area contributed by atoms with Crippen LogP contribution in [0.1, 0.15) is 11.1 Å². The van der Waals surface area contributed by atoms with Crippen LogP contribution in [0.15, 0.2) is 48.8 Å². The van der Waals surface area contributed by atoms with Crippen molar-refractivity contribution < 1.29 is 8.78 Å². The van der Waals surface area contributed by atoms with Crippen LogP contribution in [-0.4, -0.2) is 9.97 Å². The van der Waals surface area contributed by atoms with E-state index in [1.807, 2.05) is 32.0 Å². The molecule has 122 valence electrons. The molecule has 0 aliphatic heterocycles. The fourth-order valence-corrected chi connectivity index (χ4v) is 2.25. The quantitative estimate of drug-likeness (QED) is 0.719. The molecule has 0 atom stereocenters. The molecule has 1 aromatic heterocycles. The van der Waals surface area contributed by atoms with Crippen molar-refractivity contribution in [1.29, 1.82) is 0 Å². The summed E-state index contributed by atoms with van der Waals surface area (Å²) in [4.78, 5) is 8.15. The number of nitrogens with one attached hydrogen (secondary N) is 2. The number of aromatic nitrogens is 2. The predicted octanol–water partition coefficient (Wildman–Crippen LogP) is 4.86. The Morgan fingerprint density at radius 1 is 0.833 bits per heavy atom. The van der Waals surface area contributed by atoms with Gasteiger partial charge in [0.1, 0.15) is 35.3 Å². The zero-order chi connectivity index (χ0) is 17.1. The minimum Gasteiger partial charge on any atom is -0.340 e. The van der Waals surface area contributed by atoms with Crippen molar-refractivity contribution in [2.75, 3.05) is 10.6 Å². The first-order valence-electron chi connectivity index (χ1n) is 7.40. The smallest absolute Gasteiger partial charge is 0.149 e. The Morgan fingerprint density at radius 3 is 2.21 bits per heavy atom. The van der Waals surface area contributed by atoms with E-state index in [-0.39, 0.29) is 5.69 Å². The molecule has 3 aromatic rings. The van der Waals surface area contributed by atoms with Crippen molar-refractivity contribution in [3.63, 3.8) is 0 Å². The Hall–Kier alpha value is -3.02. The second-order valence-electron chi connectivity index (χ2n) is 5.45. The van der Waals surface area contributed by atoms with Crippen LogP contribution in [0.4, 0.5) is 31.8 Å². The monoisotopic (exact) mass is 326 g/mol. The molecular formula is C18H16F2N4. The predicted molar refractivity (Wildman–Crippen MR) is 90.9 cm³/mol. The number of anilines is 4. The zero-order valence-electron chi connectivity index (χ0n) is 13.3. The topological polar surface area (TPSA) is 49.8 Å². The first-order valence-corrected chi connectivity index (χ1v) is 7.40. The molecule has 0 saturated heterocycles. The van der Waals surface area contributed by atoms with E-state index in [1.165, 1.54) is 24.5 Å². The summed E-state index contributed by atoms with van der Waals surface area (Å²) in [6.45, 7) is 3.98. The van der Waals surface area contributed by atoms with Gasteiger partial charge in [0.25, 0.3) is 0 Å². The molecule has 2 aromatic carbocycles. The highest BCUT2D eigenvalue weighted by atomic mass is 19.1. The summed E-state index contributed by atoms with van der Waals surface area (Å²) >= 11 is 0. The minimum absolute atomic E-state index is 0.242. The van der Waals surface area contributed by atoms with Gasteiger partial charge in [-0.15, -0.1) is 0 Å². The van der Waals surface area contributed by atoms with E-state index in [4.69, 9.17) is 0 Å². The lowest BCUT2D eigenvalue weighted by Crippen LogP contribution is -2.02. The Morgan fingerprint density at radius 2 is 1.50 bits per heavy atom. The van der Waals surface area contributed by atoms with Gasteiger partial charge in [0.05, 0.1) is 0 Å². The number of halogens is 2. The second-order valence-corrected chi connectivity index (χ2v) is 5.45. The SMILES string of the molecule is Cc1ccc(C)c(Nc2cc(Nc3c(F)cccc3F)ncn2)c1. The van der Waals surface area contributed by atoms with Gasteiger partial charge in [-0.25, -0.2) is 18.7 Å². The molecule has 0 aliphatic rings. The van der Waals surface area contributed by atoms with Crippen molar-refractivity contribution in [2.24, 2.45) is 0 Å². The van der Waals surface area contributed by atoms with Crippen LogP contribution in [-0.2, 0) is 0 Å². The number of hydrogen-bond acceptors (Lipinski definition) is 4. The van der Waals surface area contributed by atoms with Crippen LogP contribution < -0.4 is 10.6 Å². The van der Waals surface area contributed by atoms with Crippen molar-refractivity contribution in [3.8, 4) is 0 Å². The molecule has 24 heavy (non-hydrogen) atoms. The maximum atomic E-state index is 13.7. The molecule has 6 heteroatoms. The summed E-state index contributed by atoms with van der Waals surface area (Å²) in [5.41, 5.74) is 2.85. The van der Waals surface area contributed by atoms with Crippen molar-refractivity contribution in [1.82, 2.24) is 9.97 Å². The Bertz CT molecular complexity index is 860. The standard InChI is InChI=1S/C18H16F2N4/c1-11-6-7-12(2)15(8-11)23-16-9-17(22-10-21-16)24-18-13(19)4-3-5-14(18)20/h3-10H,1-2H3,(H2,21,22,23,24). The van der Waals surface area contributed by atoms with Gasteiger partial charge in [-0.2, -0.15) is 0 Å². The van der Waals surface area contributed by atoms with E-state index >= 15 is 0 Å². The molecule has 0 amide bonds. The molecule has 0 saturated carbocycles. The average molecular weight is 326 g/mol.